The third kappa shape index (κ3) is 5.41. The molecular weight excluding hydrogens is 554 g/mol. The van der Waals surface area contributed by atoms with Crippen molar-refractivity contribution in [3.8, 4) is 0 Å². The van der Waals surface area contributed by atoms with Gasteiger partial charge in [-0.05, 0) is 57.7 Å². The molecule has 3 aromatic rings. The summed E-state index contributed by atoms with van der Waals surface area (Å²) in [4.78, 5) is 18.0. The zero-order chi connectivity index (χ0) is 28.9. The Morgan fingerprint density at radius 2 is 1.75 bits per heavy atom. The number of amides is 1. The fourth-order valence-corrected chi connectivity index (χ4v) is 7.87. The van der Waals surface area contributed by atoms with Gasteiger partial charge in [0, 0.05) is 23.7 Å². The van der Waals surface area contributed by atoms with Gasteiger partial charge in [0.2, 0.25) is 10.0 Å². The number of nitrogens with one attached hydrogen (secondary N) is 1. The first kappa shape index (κ1) is 28.4. The van der Waals surface area contributed by atoms with Crippen LogP contribution in [0.3, 0.4) is 0 Å². The fraction of sp³-hybridized carbons (Fsp3) is 0.481. The second kappa shape index (κ2) is 10.3. The summed E-state index contributed by atoms with van der Waals surface area (Å²) in [6, 6.07) is 9.83. The maximum atomic E-state index is 13.4. The smallest absolute Gasteiger partial charge is 0.425 e. The Morgan fingerprint density at radius 1 is 1.07 bits per heavy atom. The van der Waals surface area contributed by atoms with Crippen LogP contribution in [0.4, 0.5) is 10.5 Å². The molecule has 216 valence electrons. The molecule has 0 radical (unpaired) electrons. The Morgan fingerprint density at radius 3 is 2.38 bits per heavy atom. The molecule has 3 heterocycles. The Bertz CT molecular complexity index is 1620. The van der Waals surface area contributed by atoms with Crippen molar-refractivity contribution in [3.63, 3.8) is 0 Å². The van der Waals surface area contributed by atoms with Crippen molar-refractivity contribution < 1.29 is 26.4 Å². The molecule has 0 spiro atoms. The standard InChI is InChI=1S/C27H35N5O6S2/c1-27(2,3)38-26(33)32(39(4,34)35)25(19-11-7-5-8-12-19)30-18-22-21-15-16-31(24(21)28-17-23(22)29-30)40(36,37)20-13-9-6-10-14-20/h6,9-10,13-17,19,25,29H,5,7-8,11-12,18H2,1-4H3. The third-order valence-corrected chi connectivity index (χ3v) is 10.0. The molecule has 1 aliphatic heterocycles. The van der Waals surface area contributed by atoms with Crippen molar-refractivity contribution in [1.29, 1.82) is 0 Å². The molecule has 2 aliphatic rings. The maximum absolute atomic E-state index is 13.4. The van der Waals surface area contributed by atoms with Gasteiger partial charge >= 0.3 is 6.09 Å². The molecule has 1 atom stereocenters. The molecule has 11 nitrogen and oxygen atoms in total. The number of hydrogen-bond acceptors (Lipinski definition) is 9. The van der Waals surface area contributed by atoms with Gasteiger partial charge in [-0.2, -0.15) is 9.31 Å². The Balaban J connectivity index is 1.55. The zero-order valence-electron chi connectivity index (χ0n) is 23.1. The highest BCUT2D eigenvalue weighted by Crippen LogP contribution is 2.39. The third-order valence-electron chi connectivity index (χ3n) is 7.25. The quantitative estimate of drug-likeness (QED) is 0.441. The van der Waals surface area contributed by atoms with Crippen molar-refractivity contribution in [1.82, 2.24) is 18.3 Å². The number of sulfonamides is 1. The van der Waals surface area contributed by atoms with Crippen molar-refractivity contribution in [2.24, 2.45) is 5.92 Å². The Kier molecular flexibility index (Phi) is 7.34. The first-order valence-electron chi connectivity index (χ1n) is 13.3. The topological polar surface area (TPSA) is 131 Å². The summed E-state index contributed by atoms with van der Waals surface area (Å²) in [6.07, 6.45) is 6.70. The molecular formula is C27H35N5O6S2. The van der Waals surface area contributed by atoms with Crippen molar-refractivity contribution in [2.75, 3.05) is 11.7 Å². The van der Waals surface area contributed by atoms with Crippen LogP contribution in [-0.2, 0) is 31.3 Å². The van der Waals surface area contributed by atoms with E-state index >= 15 is 0 Å². The number of benzene rings is 1. The van der Waals surface area contributed by atoms with E-state index in [1.54, 1.807) is 56.2 Å². The lowest BCUT2D eigenvalue weighted by Crippen LogP contribution is -2.58. The summed E-state index contributed by atoms with van der Waals surface area (Å²) in [5.74, 6) is -0.121. The normalized spacial score (nSPS) is 17.8. The number of hydrogen-bond donors (Lipinski definition) is 1. The summed E-state index contributed by atoms with van der Waals surface area (Å²) in [7, 11) is -7.90. The van der Waals surface area contributed by atoms with Crippen molar-refractivity contribution in [3.05, 3.63) is 54.4 Å². The molecule has 1 aromatic carbocycles. The van der Waals surface area contributed by atoms with Gasteiger partial charge in [0.1, 0.15) is 11.8 Å². The van der Waals surface area contributed by atoms with Gasteiger partial charge < -0.3 is 10.2 Å². The van der Waals surface area contributed by atoms with Crippen LogP contribution in [-0.4, -0.2) is 59.2 Å². The SMILES string of the molecule is CC(C)(C)OC(=O)N(C(C1CCCCC1)N1Cc2c(cnc3c2ccn3S(=O)(=O)c2ccccc2)N1)S(C)(=O)=O. The van der Waals surface area contributed by atoms with E-state index in [1.165, 1.54) is 18.3 Å². The van der Waals surface area contributed by atoms with Crippen LogP contribution in [0.1, 0.15) is 58.4 Å². The van der Waals surface area contributed by atoms with E-state index in [1.807, 2.05) is 0 Å². The van der Waals surface area contributed by atoms with Gasteiger partial charge in [-0.3, -0.25) is 0 Å². The number of carbonyl (C=O) groups excluding carboxylic acids is 1. The number of rotatable bonds is 6. The number of hydrazine groups is 1. The van der Waals surface area contributed by atoms with E-state index in [9.17, 15) is 21.6 Å². The average molecular weight is 590 g/mol. The number of anilines is 1. The highest BCUT2D eigenvalue weighted by atomic mass is 32.2. The maximum Gasteiger partial charge on any atom is 0.425 e. The van der Waals surface area contributed by atoms with Crippen molar-refractivity contribution in [2.45, 2.75) is 76.1 Å². The first-order chi connectivity index (χ1) is 18.8. The molecule has 1 saturated carbocycles. The summed E-state index contributed by atoms with van der Waals surface area (Å²) < 4.78 is 60.5. The minimum atomic E-state index is -4.02. The van der Waals surface area contributed by atoms with Crippen LogP contribution in [0.2, 0.25) is 0 Å². The Labute approximate surface area is 235 Å². The molecule has 1 fully saturated rings. The van der Waals surface area contributed by atoms with Crippen LogP contribution in [0.15, 0.2) is 53.7 Å². The molecule has 0 saturated heterocycles. The van der Waals surface area contributed by atoms with E-state index in [0.29, 0.717) is 11.1 Å². The number of pyridine rings is 1. The van der Waals surface area contributed by atoms with Gasteiger partial charge in [0.05, 0.1) is 23.0 Å². The second-order valence-electron chi connectivity index (χ2n) is 11.4. The van der Waals surface area contributed by atoms with Gasteiger partial charge in [-0.1, -0.05) is 37.5 Å². The van der Waals surface area contributed by atoms with Crippen LogP contribution >= 0.6 is 0 Å². The van der Waals surface area contributed by atoms with Gasteiger partial charge in [-0.15, -0.1) is 0 Å². The number of carbonyl (C=O) groups is 1. The lowest BCUT2D eigenvalue weighted by atomic mass is 9.86. The minimum Gasteiger partial charge on any atom is -0.443 e. The van der Waals surface area contributed by atoms with Crippen LogP contribution in [0, 0.1) is 5.92 Å². The predicted molar refractivity (Wildman–Crippen MR) is 151 cm³/mol. The molecule has 1 amide bonds. The van der Waals surface area contributed by atoms with Crippen molar-refractivity contribution >= 4 is 42.9 Å². The number of ether oxygens (including phenoxy) is 1. The first-order valence-corrected chi connectivity index (χ1v) is 16.6. The lowest BCUT2D eigenvalue weighted by molar-refractivity contribution is 0.00156. The van der Waals surface area contributed by atoms with Crippen LogP contribution < -0.4 is 5.43 Å². The number of aromatic nitrogens is 2. The monoisotopic (exact) mass is 589 g/mol. The van der Waals surface area contributed by atoms with E-state index < -0.39 is 37.9 Å². The highest BCUT2D eigenvalue weighted by Gasteiger charge is 2.45. The second-order valence-corrected chi connectivity index (χ2v) is 15.1. The van der Waals surface area contributed by atoms with Gasteiger partial charge in [0.15, 0.2) is 5.65 Å². The van der Waals surface area contributed by atoms with E-state index in [2.05, 4.69) is 10.4 Å². The number of nitrogens with zero attached hydrogens (tertiary/aromatic N) is 4. The predicted octanol–water partition coefficient (Wildman–Crippen LogP) is 4.52. The summed E-state index contributed by atoms with van der Waals surface area (Å²) in [5, 5.41) is 2.37. The zero-order valence-corrected chi connectivity index (χ0v) is 24.7. The minimum absolute atomic E-state index is 0.121. The van der Waals surface area contributed by atoms with E-state index in [0.717, 1.165) is 52.2 Å². The highest BCUT2D eigenvalue weighted by molar-refractivity contribution is 7.90. The summed E-state index contributed by atoms with van der Waals surface area (Å²) >= 11 is 0. The molecule has 0 bridgehead atoms. The average Bonchev–Trinajstić information content (AvgIpc) is 3.51. The summed E-state index contributed by atoms with van der Waals surface area (Å²) in [5.41, 5.74) is 4.05. The molecule has 5 rings (SSSR count). The van der Waals surface area contributed by atoms with Gasteiger partial charge in [0.25, 0.3) is 10.0 Å². The molecule has 1 unspecified atom stereocenters. The molecule has 1 aliphatic carbocycles. The van der Waals surface area contributed by atoms with E-state index in [-0.39, 0.29) is 23.0 Å². The van der Waals surface area contributed by atoms with Gasteiger partial charge in [-0.25, -0.2) is 30.6 Å². The molecule has 13 heteroatoms. The molecule has 1 N–H and O–H groups in total. The Hall–Kier alpha value is -3.16. The largest absolute Gasteiger partial charge is 0.443 e. The lowest BCUT2D eigenvalue weighted by Gasteiger charge is -2.42. The van der Waals surface area contributed by atoms with Crippen LogP contribution in [0.25, 0.3) is 11.0 Å². The summed E-state index contributed by atoms with van der Waals surface area (Å²) in [6.45, 7) is 5.32. The van der Waals surface area contributed by atoms with E-state index in [4.69, 9.17) is 4.74 Å². The van der Waals surface area contributed by atoms with Crippen LogP contribution in [0.5, 0.6) is 0 Å². The fourth-order valence-electron chi connectivity index (χ4n) is 5.56. The molecule has 2 aromatic heterocycles. The number of fused-ring (bicyclic) bond motifs is 3. The molecule has 40 heavy (non-hydrogen) atoms.